The van der Waals surface area contributed by atoms with Crippen molar-refractivity contribution in [2.75, 3.05) is 52.4 Å². The van der Waals surface area contributed by atoms with E-state index < -0.39 is 0 Å². The molecule has 3 heterocycles. The summed E-state index contributed by atoms with van der Waals surface area (Å²) >= 11 is 0. The normalized spacial score (nSPS) is 34.5. The molecule has 0 unspecified atom stereocenters. The smallest absolute Gasteiger partial charge is 0.0107 e. The predicted octanol–water partition coefficient (Wildman–Crippen LogP) is -0.377. The Balaban J connectivity index is 1.73. The van der Waals surface area contributed by atoms with Crippen LogP contribution in [0.5, 0.6) is 0 Å². The summed E-state index contributed by atoms with van der Waals surface area (Å²) in [5, 5.41) is 10.7. The molecule has 4 nitrogen and oxygen atoms in total. The number of rotatable bonds is 0. The van der Waals surface area contributed by atoms with E-state index in [2.05, 4.69) is 20.9 Å². The van der Waals surface area contributed by atoms with E-state index in [1.54, 1.807) is 0 Å². The van der Waals surface area contributed by atoms with Gasteiger partial charge < -0.3 is 20.9 Å². The van der Waals surface area contributed by atoms with E-state index in [9.17, 15) is 0 Å². The van der Waals surface area contributed by atoms with Gasteiger partial charge in [0.05, 0.1) is 0 Å². The molecule has 0 aromatic heterocycles. The number of hydrogen-bond acceptors (Lipinski definition) is 4. The van der Waals surface area contributed by atoms with Gasteiger partial charge >= 0.3 is 0 Å². The highest BCUT2D eigenvalue weighted by Gasteiger charge is 2.17. The van der Waals surface area contributed by atoms with Crippen molar-refractivity contribution in [1.82, 2.24) is 20.9 Å². The molecular formula is C12H26N4. The van der Waals surface area contributed by atoms with Crippen LogP contribution in [0.3, 0.4) is 0 Å². The molecule has 3 N–H and O–H groups in total. The Labute approximate surface area is 99.2 Å². The van der Waals surface area contributed by atoms with E-state index in [0.29, 0.717) is 0 Å². The van der Waals surface area contributed by atoms with Crippen molar-refractivity contribution >= 4 is 0 Å². The molecule has 0 aromatic carbocycles. The maximum atomic E-state index is 3.66. The van der Waals surface area contributed by atoms with Gasteiger partial charge in [0.2, 0.25) is 0 Å². The fourth-order valence-electron chi connectivity index (χ4n) is 2.55. The van der Waals surface area contributed by atoms with Gasteiger partial charge in [0.1, 0.15) is 0 Å². The fraction of sp³-hybridized carbons (Fsp3) is 1.00. The molecule has 3 fully saturated rings. The van der Waals surface area contributed by atoms with Crippen molar-refractivity contribution in [3.8, 4) is 0 Å². The SMILES string of the molecule is C1CNCCNC2CCN(CCNC1)CC2. The predicted molar refractivity (Wildman–Crippen MR) is 67.8 cm³/mol. The molecule has 16 heavy (non-hydrogen) atoms. The Morgan fingerprint density at radius 3 is 2.31 bits per heavy atom. The van der Waals surface area contributed by atoms with Gasteiger partial charge in [-0.1, -0.05) is 0 Å². The third-order valence-corrected chi connectivity index (χ3v) is 3.63. The maximum absolute atomic E-state index is 3.66. The van der Waals surface area contributed by atoms with Crippen molar-refractivity contribution in [2.24, 2.45) is 0 Å². The minimum Gasteiger partial charge on any atom is -0.315 e. The highest BCUT2D eigenvalue weighted by molar-refractivity contribution is 4.77. The van der Waals surface area contributed by atoms with Gasteiger partial charge in [-0.2, -0.15) is 0 Å². The average Bonchev–Trinajstić information content (AvgIpc) is 2.33. The van der Waals surface area contributed by atoms with Gasteiger partial charge in [0.15, 0.2) is 0 Å². The molecule has 3 aliphatic rings. The molecule has 4 heteroatoms. The first kappa shape index (κ1) is 12.3. The summed E-state index contributed by atoms with van der Waals surface area (Å²) in [6.07, 6.45) is 3.88. The van der Waals surface area contributed by atoms with Crippen LogP contribution in [-0.4, -0.2) is 63.3 Å². The van der Waals surface area contributed by atoms with Crippen LogP contribution >= 0.6 is 0 Å². The van der Waals surface area contributed by atoms with E-state index in [-0.39, 0.29) is 0 Å². The lowest BCUT2D eigenvalue weighted by atomic mass is 10.1. The third-order valence-electron chi connectivity index (χ3n) is 3.63. The fourth-order valence-corrected chi connectivity index (χ4v) is 2.55. The molecule has 3 rings (SSSR count). The lowest BCUT2D eigenvalue weighted by Crippen LogP contribution is -2.46. The van der Waals surface area contributed by atoms with E-state index in [1.165, 1.54) is 38.9 Å². The average molecular weight is 226 g/mol. The van der Waals surface area contributed by atoms with Gasteiger partial charge in [-0.15, -0.1) is 0 Å². The van der Waals surface area contributed by atoms with Crippen molar-refractivity contribution in [2.45, 2.75) is 25.3 Å². The Morgan fingerprint density at radius 2 is 1.50 bits per heavy atom. The summed E-state index contributed by atoms with van der Waals surface area (Å²) in [6.45, 7) is 9.44. The second-order valence-corrected chi connectivity index (χ2v) is 4.92. The van der Waals surface area contributed by atoms with Crippen LogP contribution in [0.4, 0.5) is 0 Å². The van der Waals surface area contributed by atoms with Gasteiger partial charge in [0.25, 0.3) is 0 Å². The first-order chi connectivity index (χ1) is 7.95. The number of nitrogens with zero attached hydrogens (tertiary/aromatic N) is 1. The quantitative estimate of drug-likeness (QED) is 0.527. The van der Waals surface area contributed by atoms with Gasteiger partial charge in [-0.05, 0) is 45.4 Å². The van der Waals surface area contributed by atoms with Gasteiger partial charge in [-0.3, -0.25) is 0 Å². The lowest BCUT2D eigenvalue weighted by Gasteiger charge is -2.32. The van der Waals surface area contributed by atoms with Crippen molar-refractivity contribution in [3.63, 3.8) is 0 Å². The summed E-state index contributed by atoms with van der Waals surface area (Å²) in [4.78, 5) is 2.59. The van der Waals surface area contributed by atoms with E-state index in [1.807, 2.05) is 0 Å². The molecule has 0 aromatic rings. The number of fused-ring (bicyclic) bond motifs is 11. The second kappa shape index (κ2) is 7.22. The highest BCUT2D eigenvalue weighted by atomic mass is 15.2. The van der Waals surface area contributed by atoms with Crippen LogP contribution in [0.2, 0.25) is 0 Å². The monoisotopic (exact) mass is 226 g/mol. The first-order valence-corrected chi connectivity index (χ1v) is 6.82. The van der Waals surface area contributed by atoms with Crippen LogP contribution < -0.4 is 16.0 Å². The van der Waals surface area contributed by atoms with E-state index >= 15 is 0 Å². The van der Waals surface area contributed by atoms with Crippen molar-refractivity contribution < 1.29 is 0 Å². The second-order valence-electron chi connectivity index (χ2n) is 4.92. The maximum Gasteiger partial charge on any atom is 0.0107 e. The zero-order valence-electron chi connectivity index (χ0n) is 10.3. The van der Waals surface area contributed by atoms with Crippen molar-refractivity contribution in [3.05, 3.63) is 0 Å². The topological polar surface area (TPSA) is 39.3 Å². The third kappa shape index (κ3) is 4.37. The molecule has 0 spiro atoms. The molecule has 3 saturated heterocycles. The number of nitrogens with one attached hydrogen (secondary N) is 3. The molecule has 0 radical (unpaired) electrons. The highest BCUT2D eigenvalue weighted by Crippen LogP contribution is 2.09. The molecule has 94 valence electrons. The summed E-state index contributed by atoms with van der Waals surface area (Å²) in [5.41, 5.74) is 0. The van der Waals surface area contributed by atoms with Gasteiger partial charge in [-0.25, -0.2) is 0 Å². The summed E-state index contributed by atoms with van der Waals surface area (Å²) < 4.78 is 0. The minimum atomic E-state index is 0.758. The summed E-state index contributed by atoms with van der Waals surface area (Å²) in [5.74, 6) is 0. The number of piperidine rings is 1. The number of hydrogen-bond donors (Lipinski definition) is 3. The Kier molecular flexibility index (Phi) is 5.55. The Morgan fingerprint density at radius 1 is 0.750 bits per heavy atom. The van der Waals surface area contributed by atoms with Gasteiger partial charge in [0, 0.05) is 32.2 Å². The molecule has 0 aliphatic carbocycles. The molecule has 3 aliphatic heterocycles. The Hall–Kier alpha value is -0.160. The van der Waals surface area contributed by atoms with E-state index in [4.69, 9.17) is 0 Å². The molecule has 2 bridgehead atoms. The lowest BCUT2D eigenvalue weighted by molar-refractivity contribution is 0.198. The zero-order chi connectivity index (χ0) is 11.1. The van der Waals surface area contributed by atoms with E-state index in [0.717, 1.165) is 38.8 Å². The van der Waals surface area contributed by atoms with Crippen LogP contribution in [0.15, 0.2) is 0 Å². The first-order valence-electron chi connectivity index (χ1n) is 6.82. The molecule has 0 atom stereocenters. The molecule has 0 amide bonds. The van der Waals surface area contributed by atoms with Crippen LogP contribution in [-0.2, 0) is 0 Å². The zero-order valence-corrected chi connectivity index (χ0v) is 10.3. The van der Waals surface area contributed by atoms with Crippen LogP contribution in [0.1, 0.15) is 19.3 Å². The summed E-state index contributed by atoms with van der Waals surface area (Å²) in [6, 6.07) is 0.758. The van der Waals surface area contributed by atoms with Crippen LogP contribution in [0, 0.1) is 0 Å². The molecule has 0 saturated carbocycles. The molecular weight excluding hydrogens is 200 g/mol. The largest absolute Gasteiger partial charge is 0.315 e. The standard InChI is InChI=1S/C12H26N4/c1-4-13-6-7-15-12-2-9-16(10-3-12)11-8-14-5-1/h12-15H,1-11H2. The van der Waals surface area contributed by atoms with Crippen LogP contribution in [0.25, 0.3) is 0 Å². The Bertz CT molecular complexity index is 152. The summed E-state index contributed by atoms with van der Waals surface area (Å²) in [7, 11) is 0. The minimum absolute atomic E-state index is 0.758. The van der Waals surface area contributed by atoms with Crippen molar-refractivity contribution in [1.29, 1.82) is 0 Å².